The minimum Gasteiger partial charge on any atom is -0.377 e. The smallest absolute Gasteiger partial charge is 0.319 e. The monoisotopic (exact) mass is 532 g/mol. The third kappa shape index (κ3) is 6.01. The van der Waals surface area contributed by atoms with E-state index in [1.807, 2.05) is 63.2 Å². The van der Waals surface area contributed by atoms with Gasteiger partial charge in [-0.1, -0.05) is 0 Å². The summed E-state index contributed by atoms with van der Waals surface area (Å²) in [4.78, 5) is 26.2. The summed E-state index contributed by atoms with van der Waals surface area (Å²) in [5.74, 6) is 1.29. The van der Waals surface area contributed by atoms with Gasteiger partial charge in [-0.15, -0.1) is 0 Å². The van der Waals surface area contributed by atoms with Gasteiger partial charge in [0, 0.05) is 42.2 Å². The number of benzene rings is 1. The molecule has 2 amide bonds. The molecule has 1 aromatic heterocycles. The van der Waals surface area contributed by atoms with Crippen LogP contribution in [0.2, 0.25) is 0 Å². The summed E-state index contributed by atoms with van der Waals surface area (Å²) in [5.41, 5.74) is 2.14. The molecule has 204 valence electrons. The van der Waals surface area contributed by atoms with E-state index in [-0.39, 0.29) is 17.3 Å². The number of hydrogen-bond donors (Lipinski definition) is 4. The van der Waals surface area contributed by atoms with Gasteiger partial charge in [0.05, 0.1) is 24.9 Å². The molecule has 10 nitrogen and oxygen atoms in total. The standard InChI is InChI=1S/C26H40N6O4S/c1-18(2)37(34,35)26(10-11-26)22-16-23(32-14-15-36-17-19(32)3)30-24(29-22)20-6-8-21(9-7-20)28-25(33)27-12-13-31(4)5/h6-9,16,18-19,34-35H,10-15,17H2,1-5H3,(H2,27,28,33)/t19-/m0/s1. The Hall–Kier alpha value is -2.44. The van der Waals surface area contributed by atoms with Gasteiger partial charge in [0.15, 0.2) is 5.82 Å². The average Bonchev–Trinajstić information content (AvgIpc) is 3.67. The molecule has 2 aromatic rings. The third-order valence-electron chi connectivity index (χ3n) is 7.02. The zero-order valence-electron chi connectivity index (χ0n) is 22.4. The van der Waals surface area contributed by atoms with Gasteiger partial charge in [0.2, 0.25) is 0 Å². The molecule has 2 heterocycles. The topological polar surface area (TPSA) is 123 Å². The van der Waals surface area contributed by atoms with Gasteiger partial charge in [0.25, 0.3) is 0 Å². The zero-order chi connectivity index (χ0) is 26.8. The minimum absolute atomic E-state index is 0.141. The molecular formula is C26H40N6O4S. The predicted octanol–water partition coefficient (Wildman–Crippen LogP) is 4.20. The van der Waals surface area contributed by atoms with E-state index >= 15 is 0 Å². The molecule has 1 aliphatic heterocycles. The van der Waals surface area contributed by atoms with Gasteiger partial charge in [0.1, 0.15) is 10.6 Å². The van der Waals surface area contributed by atoms with E-state index in [0.29, 0.717) is 56.4 Å². The van der Waals surface area contributed by atoms with E-state index in [2.05, 4.69) is 22.5 Å². The molecule has 1 saturated heterocycles. The van der Waals surface area contributed by atoms with Crippen molar-refractivity contribution in [3.05, 3.63) is 36.0 Å². The van der Waals surface area contributed by atoms with E-state index in [4.69, 9.17) is 14.7 Å². The van der Waals surface area contributed by atoms with Crippen LogP contribution < -0.4 is 15.5 Å². The first-order chi connectivity index (χ1) is 17.5. The summed E-state index contributed by atoms with van der Waals surface area (Å²) < 4.78 is 27.2. The van der Waals surface area contributed by atoms with Crippen LogP contribution in [-0.2, 0) is 9.48 Å². The van der Waals surface area contributed by atoms with Crippen LogP contribution >= 0.6 is 10.6 Å². The number of nitrogens with zero attached hydrogens (tertiary/aromatic N) is 4. The molecule has 1 aliphatic carbocycles. The molecule has 1 atom stereocenters. The second-order valence-electron chi connectivity index (χ2n) is 10.4. The summed E-state index contributed by atoms with van der Waals surface area (Å²) in [5, 5.41) is 5.41. The van der Waals surface area contributed by atoms with Gasteiger partial charge >= 0.3 is 6.03 Å². The molecule has 0 bridgehead atoms. The Kier molecular flexibility index (Phi) is 8.29. The number of hydrogen-bond acceptors (Lipinski definition) is 8. The number of amides is 2. The maximum absolute atomic E-state index is 12.2. The Morgan fingerprint density at radius 1 is 1.24 bits per heavy atom. The SMILES string of the molecule is CC(C)S(O)(O)C1(c2cc(N3CCOC[C@@H]3C)nc(-c3ccc(NC(=O)NCCN(C)C)cc3)n2)CC1. The molecule has 2 aliphatic rings. The summed E-state index contributed by atoms with van der Waals surface area (Å²) in [7, 11) is 1.01. The van der Waals surface area contributed by atoms with Crippen molar-refractivity contribution in [2.45, 2.75) is 49.7 Å². The van der Waals surface area contributed by atoms with E-state index in [1.165, 1.54) is 0 Å². The average molecular weight is 533 g/mol. The maximum atomic E-state index is 12.2. The number of likely N-dealkylation sites (N-methyl/N-ethyl adjacent to an activating group) is 1. The second kappa shape index (κ2) is 11.1. The highest BCUT2D eigenvalue weighted by molar-refractivity contribution is 8.25. The molecule has 37 heavy (non-hydrogen) atoms. The maximum Gasteiger partial charge on any atom is 0.319 e. The van der Waals surface area contributed by atoms with Gasteiger partial charge in [-0.05, 0) is 72.0 Å². The van der Waals surface area contributed by atoms with E-state index in [9.17, 15) is 13.9 Å². The first-order valence-electron chi connectivity index (χ1n) is 12.8. The van der Waals surface area contributed by atoms with Crippen LogP contribution in [0.1, 0.15) is 39.3 Å². The summed E-state index contributed by atoms with van der Waals surface area (Å²) in [6.45, 7) is 9.04. The number of nitrogens with one attached hydrogen (secondary N) is 2. The van der Waals surface area contributed by atoms with Crippen molar-refractivity contribution in [2.24, 2.45) is 0 Å². The van der Waals surface area contributed by atoms with E-state index in [1.54, 1.807) is 0 Å². The summed E-state index contributed by atoms with van der Waals surface area (Å²) in [6.07, 6.45) is 1.38. The fraction of sp³-hybridized carbons (Fsp3) is 0.577. The van der Waals surface area contributed by atoms with Crippen LogP contribution in [0.3, 0.4) is 0 Å². The molecule has 11 heteroatoms. The Morgan fingerprint density at radius 3 is 2.54 bits per heavy atom. The molecule has 0 spiro atoms. The lowest BCUT2D eigenvalue weighted by Crippen LogP contribution is -2.44. The van der Waals surface area contributed by atoms with Crippen LogP contribution in [0.25, 0.3) is 11.4 Å². The fourth-order valence-corrected chi connectivity index (χ4v) is 6.58. The van der Waals surface area contributed by atoms with Crippen LogP contribution in [0, 0.1) is 0 Å². The molecule has 1 saturated carbocycles. The molecular weight excluding hydrogens is 492 g/mol. The fourth-order valence-electron chi connectivity index (χ4n) is 4.56. The quantitative estimate of drug-likeness (QED) is 0.379. The molecule has 0 unspecified atom stereocenters. The highest BCUT2D eigenvalue weighted by Gasteiger charge is 2.57. The van der Waals surface area contributed by atoms with Crippen molar-refractivity contribution in [3.8, 4) is 11.4 Å². The number of carbonyl (C=O) groups is 1. The summed E-state index contributed by atoms with van der Waals surface area (Å²) in [6, 6.07) is 9.21. The van der Waals surface area contributed by atoms with Crippen molar-refractivity contribution >= 4 is 28.1 Å². The van der Waals surface area contributed by atoms with Gasteiger partial charge in [-0.3, -0.25) is 9.11 Å². The molecule has 4 rings (SSSR count). The van der Waals surface area contributed by atoms with E-state index < -0.39 is 15.3 Å². The highest BCUT2D eigenvalue weighted by atomic mass is 32.3. The van der Waals surface area contributed by atoms with Gasteiger partial charge in [-0.2, -0.15) is 10.6 Å². The lowest BCUT2D eigenvalue weighted by molar-refractivity contribution is 0.0985. The van der Waals surface area contributed by atoms with E-state index in [0.717, 1.165) is 17.9 Å². The normalized spacial score (nSPS) is 19.7. The number of morpholine rings is 1. The van der Waals surface area contributed by atoms with Crippen molar-refractivity contribution in [1.29, 1.82) is 0 Å². The van der Waals surface area contributed by atoms with Gasteiger partial charge < -0.3 is 25.2 Å². The number of rotatable bonds is 9. The van der Waals surface area contributed by atoms with Crippen LogP contribution in [-0.4, -0.2) is 88.2 Å². The highest BCUT2D eigenvalue weighted by Crippen LogP contribution is 2.73. The largest absolute Gasteiger partial charge is 0.377 e. The van der Waals surface area contributed by atoms with Crippen molar-refractivity contribution in [2.75, 3.05) is 57.2 Å². The Bertz CT molecular complexity index is 1090. The van der Waals surface area contributed by atoms with Crippen LogP contribution in [0.15, 0.2) is 30.3 Å². The Labute approximate surface area is 221 Å². The molecule has 4 N–H and O–H groups in total. The Balaban J connectivity index is 1.63. The molecule has 0 radical (unpaired) electrons. The Morgan fingerprint density at radius 2 is 1.95 bits per heavy atom. The lowest BCUT2D eigenvalue weighted by atomic mass is 10.1. The van der Waals surface area contributed by atoms with Crippen molar-refractivity contribution in [1.82, 2.24) is 20.2 Å². The zero-order valence-corrected chi connectivity index (χ0v) is 23.2. The summed E-state index contributed by atoms with van der Waals surface area (Å²) >= 11 is 0. The van der Waals surface area contributed by atoms with Crippen LogP contribution in [0.5, 0.6) is 0 Å². The number of anilines is 2. The minimum atomic E-state index is -2.90. The van der Waals surface area contributed by atoms with Gasteiger partial charge in [-0.25, -0.2) is 14.8 Å². The van der Waals surface area contributed by atoms with Crippen LogP contribution in [0.4, 0.5) is 16.3 Å². The van der Waals surface area contributed by atoms with Crippen molar-refractivity contribution in [3.63, 3.8) is 0 Å². The molecule has 1 aromatic carbocycles. The molecule has 2 fully saturated rings. The first-order valence-corrected chi connectivity index (χ1v) is 14.4. The number of urea groups is 1. The number of aromatic nitrogens is 2. The number of ether oxygens (including phenoxy) is 1. The lowest BCUT2D eigenvalue weighted by Gasteiger charge is -2.44. The number of carbonyl (C=O) groups excluding carboxylic acids is 1. The first kappa shape index (κ1) is 27.6. The predicted molar refractivity (Wildman–Crippen MR) is 150 cm³/mol. The van der Waals surface area contributed by atoms with Crippen molar-refractivity contribution < 1.29 is 18.6 Å². The second-order valence-corrected chi connectivity index (χ2v) is 13.4. The third-order valence-corrected chi connectivity index (χ3v) is 10.1.